The van der Waals surface area contributed by atoms with Crippen LogP contribution in [0.25, 0.3) is 0 Å². The van der Waals surface area contributed by atoms with Gasteiger partial charge in [-0.25, -0.2) is 0 Å². The van der Waals surface area contributed by atoms with Gasteiger partial charge in [-0.2, -0.15) is 0 Å². The van der Waals surface area contributed by atoms with E-state index >= 15 is 0 Å². The second kappa shape index (κ2) is 6.16. The summed E-state index contributed by atoms with van der Waals surface area (Å²) in [5.74, 6) is 0.347. The Morgan fingerprint density at radius 2 is 1.81 bits per heavy atom. The molecule has 0 saturated carbocycles. The first-order chi connectivity index (χ1) is 10.2. The molecule has 1 amide bonds. The van der Waals surface area contributed by atoms with Crippen LogP contribution in [-0.4, -0.2) is 66.6 Å². The molecular formula is C17H26N3O+. The summed E-state index contributed by atoms with van der Waals surface area (Å²) in [5, 5.41) is 0. The molecule has 0 aliphatic carbocycles. The van der Waals surface area contributed by atoms with Gasteiger partial charge in [0.2, 0.25) is 5.91 Å². The third kappa shape index (κ3) is 3.44. The molecule has 3 rings (SSSR count). The first-order valence-electron chi connectivity index (χ1n) is 8.02. The maximum Gasteiger partial charge on any atom is 0.226 e. The Bertz CT molecular complexity index is 480. The van der Waals surface area contributed by atoms with Crippen LogP contribution < -0.4 is 0 Å². The summed E-state index contributed by atoms with van der Waals surface area (Å²) in [7, 11) is 2.19. The fourth-order valence-electron chi connectivity index (χ4n) is 3.53. The number of quaternary nitrogens is 1. The van der Waals surface area contributed by atoms with Crippen molar-refractivity contribution in [2.24, 2.45) is 0 Å². The molecule has 2 fully saturated rings. The molecule has 0 aromatic heterocycles. The Kier molecular flexibility index (Phi) is 4.27. The molecule has 2 heterocycles. The lowest BCUT2D eigenvalue weighted by molar-refractivity contribution is -0.952. The zero-order valence-electron chi connectivity index (χ0n) is 13.0. The number of benzene rings is 1. The Morgan fingerprint density at radius 1 is 1.10 bits per heavy atom. The quantitative estimate of drug-likeness (QED) is 0.785. The number of likely N-dealkylation sites (tertiary alicyclic amines) is 1. The van der Waals surface area contributed by atoms with Crippen molar-refractivity contribution in [1.82, 2.24) is 9.80 Å². The van der Waals surface area contributed by atoms with Crippen LogP contribution in [0.2, 0.25) is 0 Å². The number of rotatable bonds is 4. The summed E-state index contributed by atoms with van der Waals surface area (Å²) >= 11 is 0. The molecular weight excluding hydrogens is 262 g/mol. The van der Waals surface area contributed by atoms with E-state index in [9.17, 15) is 4.79 Å². The number of nitrogens with zero attached hydrogens (tertiary/aromatic N) is 3. The van der Waals surface area contributed by atoms with E-state index in [4.69, 9.17) is 0 Å². The SMILES string of the molecule is CN1CC[N+](Cc2ccccc2)(CN2CCCC2=O)CC1. The number of amides is 1. The molecule has 1 aromatic carbocycles. The first-order valence-corrected chi connectivity index (χ1v) is 8.02. The zero-order chi connectivity index (χ0) is 14.7. The van der Waals surface area contributed by atoms with Crippen LogP contribution in [0.3, 0.4) is 0 Å². The van der Waals surface area contributed by atoms with Crippen LogP contribution in [0.5, 0.6) is 0 Å². The lowest BCUT2D eigenvalue weighted by Crippen LogP contribution is -2.62. The highest BCUT2D eigenvalue weighted by Crippen LogP contribution is 2.21. The van der Waals surface area contributed by atoms with E-state index in [0.717, 1.165) is 63.3 Å². The molecule has 0 N–H and O–H groups in total. The molecule has 4 heteroatoms. The number of carbonyl (C=O) groups excluding carboxylic acids is 1. The number of piperazine rings is 1. The molecule has 0 atom stereocenters. The largest absolute Gasteiger partial charge is 0.301 e. The van der Waals surface area contributed by atoms with E-state index in [0.29, 0.717) is 5.91 Å². The Morgan fingerprint density at radius 3 is 2.43 bits per heavy atom. The van der Waals surface area contributed by atoms with Gasteiger partial charge in [-0.05, 0) is 13.5 Å². The van der Waals surface area contributed by atoms with Gasteiger partial charge in [0.1, 0.15) is 6.54 Å². The molecule has 2 aliphatic rings. The van der Waals surface area contributed by atoms with Crippen molar-refractivity contribution in [2.45, 2.75) is 19.4 Å². The predicted octanol–water partition coefficient (Wildman–Crippen LogP) is 1.53. The molecule has 21 heavy (non-hydrogen) atoms. The summed E-state index contributed by atoms with van der Waals surface area (Å²) in [6.45, 7) is 7.39. The maximum absolute atomic E-state index is 12.0. The van der Waals surface area contributed by atoms with E-state index < -0.39 is 0 Å². The topological polar surface area (TPSA) is 23.6 Å². The average Bonchev–Trinajstić information content (AvgIpc) is 2.89. The summed E-state index contributed by atoms with van der Waals surface area (Å²) in [6, 6.07) is 10.7. The Labute approximate surface area is 127 Å². The van der Waals surface area contributed by atoms with Gasteiger partial charge in [0, 0.05) is 31.6 Å². The molecule has 2 aliphatic heterocycles. The lowest BCUT2D eigenvalue weighted by Gasteiger charge is -2.45. The molecule has 0 radical (unpaired) electrons. The van der Waals surface area contributed by atoms with Crippen molar-refractivity contribution in [3.05, 3.63) is 35.9 Å². The van der Waals surface area contributed by atoms with Crippen LogP contribution in [-0.2, 0) is 11.3 Å². The molecule has 1 aromatic rings. The van der Waals surface area contributed by atoms with Gasteiger partial charge in [-0.1, -0.05) is 30.3 Å². The molecule has 0 spiro atoms. The highest BCUT2D eigenvalue weighted by Gasteiger charge is 2.36. The standard InChI is InChI=1S/C17H26N3O/c1-18-10-12-20(13-11-18,14-16-6-3-2-4-7-16)15-19-9-5-8-17(19)21/h2-4,6-7H,5,8-15H2,1H3/q+1. The van der Waals surface area contributed by atoms with E-state index in [1.807, 2.05) is 0 Å². The Hall–Kier alpha value is -1.39. The normalized spacial score (nSPS) is 22.7. The molecule has 114 valence electrons. The zero-order valence-corrected chi connectivity index (χ0v) is 13.0. The monoisotopic (exact) mass is 288 g/mol. The van der Waals surface area contributed by atoms with E-state index in [2.05, 4.69) is 47.2 Å². The van der Waals surface area contributed by atoms with E-state index in [1.54, 1.807) is 0 Å². The number of likely N-dealkylation sites (N-methyl/N-ethyl adjacent to an activating group) is 1. The van der Waals surface area contributed by atoms with Gasteiger partial charge in [-0.15, -0.1) is 0 Å². The second-order valence-electron chi connectivity index (χ2n) is 6.64. The minimum absolute atomic E-state index is 0.347. The highest BCUT2D eigenvalue weighted by molar-refractivity contribution is 5.77. The Balaban J connectivity index is 1.76. The van der Waals surface area contributed by atoms with Gasteiger partial charge in [0.25, 0.3) is 0 Å². The third-order valence-corrected chi connectivity index (χ3v) is 4.92. The molecule has 2 saturated heterocycles. The smallest absolute Gasteiger partial charge is 0.226 e. The van der Waals surface area contributed by atoms with Crippen LogP contribution in [0, 0.1) is 0 Å². The van der Waals surface area contributed by atoms with Crippen molar-refractivity contribution >= 4 is 5.91 Å². The summed E-state index contributed by atoms with van der Waals surface area (Å²) in [4.78, 5) is 16.5. The number of hydrogen-bond acceptors (Lipinski definition) is 2. The molecule has 0 unspecified atom stereocenters. The van der Waals surface area contributed by atoms with Crippen molar-refractivity contribution in [3.63, 3.8) is 0 Å². The molecule has 4 nitrogen and oxygen atoms in total. The predicted molar refractivity (Wildman–Crippen MR) is 83.5 cm³/mol. The van der Waals surface area contributed by atoms with Crippen LogP contribution in [0.15, 0.2) is 30.3 Å². The van der Waals surface area contributed by atoms with Crippen molar-refractivity contribution in [1.29, 1.82) is 0 Å². The van der Waals surface area contributed by atoms with Crippen LogP contribution >= 0.6 is 0 Å². The fraction of sp³-hybridized carbons (Fsp3) is 0.588. The summed E-state index contributed by atoms with van der Waals surface area (Å²) in [5.41, 5.74) is 1.38. The van der Waals surface area contributed by atoms with E-state index in [1.165, 1.54) is 5.56 Å². The minimum atomic E-state index is 0.347. The average molecular weight is 288 g/mol. The minimum Gasteiger partial charge on any atom is -0.301 e. The molecule has 0 bridgehead atoms. The van der Waals surface area contributed by atoms with Crippen LogP contribution in [0.4, 0.5) is 0 Å². The summed E-state index contributed by atoms with van der Waals surface area (Å²) < 4.78 is 1.03. The van der Waals surface area contributed by atoms with Crippen molar-refractivity contribution < 1.29 is 9.28 Å². The van der Waals surface area contributed by atoms with Crippen molar-refractivity contribution in [2.75, 3.05) is 46.4 Å². The number of carbonyl (C=O) groups is 1. The maximum atomic E-state index is 12.0. The third-order valence-electron chi connectivity index (χ3n) is 4.92. The van der Waals surface area contributed by atoms with E-state index in [-0.39, 0.29) is 0 Å². The van der Waals surface area contributed by atoms with Gasteiger partial charge in [-0.3, -0.25) is 14.6 Å². The van der Waals surface area contributed by atoms with Gasteiger partial charge < -0.3 is 4.48 Å². The van der Waals surface area contributed by atoms with Gasteiger partial charge >= 0.3 is 0 Å². The highest BCUT2D eigenvalue weighted by atomic mass is 16.2. The fourth-order valence-corrected chi connectivity index (χ4v) is 3.53. The van der Waals surface area contributed by atoms with Gasteiger partial charge in [0.15, 0.2) is 6.67 Å². The number of hydrogen-bond donors (Lipinski definition) is 0. The van der Waals surface area contributed by atoms with Crippen molar-refractivity contribution in [3.8, 4) is 0 Å². The summed E-state index contributed by atoms with van der Waals surface area (Å²) in [6.07, 6.45) is 1.77. The first kappa shape index (κ1) is 14.5. The second-order valence-corrected chi connectivity index (χ2v) is 6.64. The van der Waals surface area contributed by atoms with Crippen LogP contribution in [0.1, 0.15) is 18.4 Å². The van der Waals surface area contributed by atoms with Gasteiger partial charge in [0.05, 0.1) is 13.1 Å². The lowest BCUT2D eigenvalue weighted by atomic mass is 10.1.